The molecule has 0 aromatic heterocycles. The largest absolute Gasteiger partial charge is 0.396 e. The first kappa shape index (κ1) is 14.8. The number of halogens is 2. The Labute approximate surface area is 104 Å². The summed E-state index contributed by atoms with van der Waals surface area (Å²) in [6.45, 7) is -0.0864. The molecule has 102 valence electrons. The molecule has 0 bridgehead atoms. The second kappa shape index (κ2) is 6.07. The molecule has 0 fully saturated rings. The lowest BCUT2D eigenvalue weighted by Gasteiger charge is -2.18. The minimum atomic E-state index is -3.96. The van der Waals surface area contributed by atoms with Crippen molar-refractivity contribution in [2.45, 2.75) is 6.42 Å². The number of benzene rings is 1. The number of nitrogens with zero attached hydrogens (tertiary/aromatic N) is 1. The van der Waals surface area contributed by atoms with Crippen molar-refractivity contribution in [2.24, 2.45) is 0 Å². The highest BCUT2D eigenvalue weighted by Crippen LogP contribution is 2.17. The predicted molar refractivity (Wildman–Crippen MR) is 63.2 cm³/mol. The predicted octanol–water partition coefficient (Wildman–Crippen LogP) is 0.936. The molecule has 0 aliphatic carbocycles. The molecule has 0 aliphatic heterocycles. The molecule has 2 N–H and O–H groups in total. The summed E-state index contributed by atoms with van der Waals surface area (Å²) in [5, 5.41) is 8.60. The maximum atomic E-state index is 13.3. The van der Waals surface area contributed by atoms with Gasteiger partial charge in [-0.1, -0.05) is 0 Å². The number of anilines is 1. The fourth-order valence-electron chi connectivity index (χ4n) is 1.21. The number of aliphatic hydroxyl groups excluding tert-OH is 1. The first-order valence-electron chi connectivity index (χ1n) is 5.17. The highest BCUT2D eigenvalue weighted by Gasteiger charge is 2.19. The van der Waals surface area contributed by atoms with Crippen LogP contribution < -0.4 is 4.72 Å². The summed E-state index contributed by atoms with van der Waals surface area (Å²) in [4.78, 5) is 0. The van der Waals surface area contributed by atoms with Crippen LogP contribution in [0, 0.1) is 11.6 Å². The van der Waals surface area contributed by atoms with E-state index in [9.17, 15) is 17.2 Å². The summed E-state index contributed by atoms with van der Waals surface area (Å²) in [5.74, 6) is -1.61. The Balaban J connectivity index is 2.85. The average molecular weight is 280 g/mol. The van der Waals surface area contributed by atoms with Gasteiger partial charge in [0, 0.05) is 26.3 Å². The van der Waals surface area contributed by atoms with E-state index in [0.717, 1.165) is 22.5 Å². The third kappa shape index (κ3) is 3.90. The first-order valence-corrected chi connectivity index (χ1v) is 6.61. The number of hydrogen-bond donors (Lipinski definition) is 2. The van der Waals surface area contributed by atoms with E-state index in [0.29, 0.717) is 0 Å². The van der Waals surface area contributed by atoms with Crippen LogP contribution in [-0.2, 0) is 10.2 Å². The third-order valence-electron chi connectivity index (χ3n) is 2.21. The zero-order valence-corrected chi connectivity index (χ0v) is 10.5. The van der Waals surface area contributed by atoms with Crippen LogP contribution in [0.1, 0.15) is 6.42 Å². The minimum absolute atomic E-state index is 0.0722. The van der Waals surface area contributed by atoms with Crippen LogP contribution >= 0.6 is 0 Å². The van der Waals surface area contributed by atoms with Crippen LogP contribution in [0.25, 0.3) is 0 Å². The molecule has 0 saturated heterocycles. The van der Waals surface area contributed by atoms with Gasteiger partial charge in [0.15, 0.2) is 0 Å². The van der Waals surface area contributed by atoms with Crippen molar-refractivity contribution in [3.63, 3.8) is 0 Å². The molecule has 1 aromatic carbocycles. The normalized spacial score (nSPS) is 11.8. The van der Waals surface area contributed by atoms with Crippen molar-refractivity contribution < 1.29 is 22.3 Å². The highest BCUT2D eigenvalue weighted by molar-refractivity contribution is 7.90. The maximum absolute atomic E-state index is 13.3. The summed E-state index contributed by atoms with van der Waals surface area (Å²) < 4.78 is 52.4. The molecule has 0 saturated carbocycles. The molecule has 0 aliphatic rings. The van der Waals surface area contributed by atoms with E-state index in [-0.39, 0.29) is 19.6 Å². The fourth-order valence-corrected chi connectivity index (χ4v) is 2.17. The van der Waals surface area contributed by atoms with Crippen LogP contribution in [0.5, 0.6) is 0 Å². The Hall–Kier alpha value is -1.25. The molecule has 1 aromatic rings. The molecule has 0 heterocycles. The van der Waals surface area contributed by atoms with Crippen molar-refractivity contribution in [1.29, 1.82) is 0 Å². The molecule has 1 rings (SSSR count). The van der Waals surface area contributed by atoms with Gasteiger partial charge in [0.2, 0.25) is 0 Å². The van der Waals surface area contributed by atoms with E-state index < -0.39 is 27.5 Å². The zero-order chi connectivity index (χ0) is 13.8. The van der Waals surface area contributed by atoms with Crippen LogP contribution in [0.3, 0.4) is 0 Å². The molecule has 0 radical (unpaired) electrons. The lowest BCUT2D eigenvalue weighted by atomic mass is 10.3. The summed E-state index contributed by atoms with van der Waals surface area (Å²) in [5.41, 5.74) is -0.453. The Bertz CT molecular complexity index is 508. The number of hydrogen-bond acceptors (Lipinski definition) is 3. The lowest BCUT2D eigenvalue weighted by Crippen LogP contribution is -2.33. The van der Waals surface area contributed by atoms with Gasteiger partial charge in [-0.25, -0.2) is 8.78 Å². The summed E-state index contributed by atoms with van der Waals surface area (Å²) in [7, 11) is -2.69. The van der Waals surface area contributed by atoms with E-state index in [2.05, 4.69) is 0 Å². The lowest BCUT2D eigenvalue weighted by molar-refractivity contribution is 0.276. The standard InChI is InChI=1S/C10H14F2N2O3S/c1-14(5-2-6-15)18(16,17)13-10-7-8(11)3-4-9(10)12/h3-4,7,13,15H,2,5-6H2,1H3. The average Bonchev–Trinajstić information content (AvgIpc) is 2.30. The van der Waals surface area contributed by atoms with Crippen molar-refractivity contribution in [3.05, 3.63) is 29.8 Å². The zero-order valence-electron chi connectivity index (χ0n) is 9.73. The Morgan fingerprint density at radius 1 is 1.39 bits per heavy atom. The summed E-state index contributed by atoms with van der Waals surface area (Å²) in [6.07, 6.45) is 0.253. The highest BCUT2D eigenvalue weighted by atomic mass is 32.2. The smallest absolute Gasteiger partial charge is 0.301 e. The Morgan fingerprint density at radius 2 is 2.06 bits per heavy atom. The van der Waals surface area contributed by atoms with Gasteiger partial charge in [-0.2, -0.15) is 12.7 Å². The van der Waals surface area contributed by atoms with Gasteiger partial charge in [0.05, 0.1) is 5.69 Å². The molecule has 5 nitrogen and oxygen atoms in total. The van der Waals surface area contributed by atoms with E-state index in [4.69, 9.17) is 5.11 Å². The number of nitrogens with one attached hydrogen (secondary N) is 1. The van der Waals surface area contributed by atoms with Crippen molar-refractivity contribution in [1.82, 2.24) is 4.31 Å². The monoisotopic (exact) mass is 280 g/mol. The van der Waals surface area contributed by atoms with Gasteiger partial charge in [0.25, 0.3) is 0 Å². The van der Waals surface area contributed by atoms with Crippen molar-refractivity contribution in [3.8, 4) is 0 Å². The van der Waals surface area contributed by atoms with E-state index in [1.54, 1.807) is 0 Å². The summed E-state index contributed by atoms with van der Waals surface area (Å²) in [6, 6.07) is 2.48. The van der Waals surface area contributed by atoms with Gasteiger partial charge in [-0.05, 0) is 18.6 Å². The number of rotatable bonds is 6. The SMILES string of the molecule is CN(CCCO)S(=O)(=O)Nc1cc(F)ccc1F. The van der Waals surface area contributed by atoms with Gasteiger partial charge in [0.1, 0.15) is 11.6 Å². The fraction of sp³-hybridized carbons (Fsp3) is 0.400. The van der Waals surface area contributed by atoms with E-state index >= 15 is 0 Å². The van der Waals surface area contributed by atoms with Crippen LogP contribution in [-0.4, -0.2) is 38.0 Å². The van der Waals surface area contributed by atoms with E-state index in [1.807, 2.05) is 4.72 Å². The van der Waals surface area contributed by atoms with Crippen molar-refractivity contribution >= 4 is 15.9 Å². The second-order valence-corrected chi connectivity index (χ2v) is 5.41. The van der Waals surface area contributed by atoms with Gasteiger partial charge < -0.3 is 5.11 Å². The van der Waals surface area contributed by atoms with Crippen LogP contribution in [0.4, 0.5) is 14.5 Å². The molecule has 8 heteroatoms. The summed E-state index contributed by atoms with van der Waals surface area (Å²) >= 11 is 0. The number of aliphatic hydroxyl groups is 1. The molecule has 18 heavy (non-hydrogen) atoms. The quantitative estimate of drug-likeness (QED) is 0.814. The van der Waals surface area contributed by atoms with Gasteiger partial charge in [-0.3, -0.25) is 4.72 Å². The first-order chi connectivity index (χ1) is 8.36. The topological polar surface area (TPSA) is 69.6 Å². The minimum Gasteiger partial charge on any atom is -0.396 e. The van der Waals surface area contributed by atoms with E-state index in [1.165, 1.54) is 7.05 Å². The maximum Gasteiger partial charge on any atom is 0.301 e. The third-order valence-corrected chi connectivity index (χ3v) is 3.69. The molecular weight excluding hydrogens is 266 g/mol. The Morgan fingerprint density at radius 3 is 2.67 bits per heavy atom. The second-order valence-electron chi connectivity index (χ2n) is 3.63. The molecule has 0 amide bonds. The van der Waals surface area contributed by atoms with Gasteiger partial charge in [-0.15, -0.1) is 0 Å². The van der Waals surface area contributed by atoms with Crippen LogP contribution in [0.15, 0.2) is 18.2 Å². The molecule has 0 atom stereocenters. The molecule has 0 spiro atoms. The Kier molecular flexibility index (Phi) is 5.00. The molecular formula is C10H14F2N2O3S. The van der Waals surface area contributed by atoms with Crippen LogP contribution in [0.2, 0.25) is 0 Å². The van der Waals surface area contributed by atoms with Gasteiger partial charge >= 0.3 is 10.2 Å². The van der Waals surface area contributed by atoms with Crippen molar-refractivity contribution in [2.75, 3.05) is 24.9 Å². The molecule has 0 unspecified atom stereocenters.